The Bertz CT molecular complexity index is 806. The van der Waals surface area contributed by atoms with E-state index >= 15 is 0 Å². The van der Waals surface area contributed by atoms with Crippen molar-refractivity contribution in [2.24, 2.45) is 0 Å². The lowest BCUT2D eigenvalue weighted by Gasteiger charge is -2.33. The monoisotopic (exact) mass is 413 g/mol. The topological polar surface area (TPSA) is 61.9 Å². The largest absolute Gasteiger partial charge is 0.484 e. The van der Waals surface area contributed by atoms with Gasteiger partial charge in [-0.25, -0.2) is 0 Å². The number of carbonyl (C=O) groups excluding carboxylic acids is 2. The number of likely N-dealkylation sites (N-methyl/N-ethyl adjacent to an activating group) is 1. The lowest BCUT2D eigenvalue weighted by molar-refractivity contribution is -0.130. The number of amides is 2. The summed E-state index contributed by atoms with van der Waals surface area (Å²) in [5, 5.41) is 3.03. The number of anilines is 1. The first-order chi connectivity index (χ1) is 14.0. The highest BCUT2D eigenvalue weighted by molar-refractivity contribution is 7.99. The van der Waals surface area contributed by atoms with Crippen LogP contribution in [-0.4, -0.2) is 66.9 Å². The van der Waals surface area contributed by atoms with Gasteiger partial charge in [-0.05, 0) is 29.8 Å². The fourth-order valence-electron chi connectivity index (χ4n) is 3.12. The molecule has 1 atom stereocenters. The Hall–Kier alpha value is -2.51. The zero-order chi connectivity index (χ0) is 20.6. The summed E-state index contributed by atoms with van der Waals surface area (Å²) in [7, 11) is 3.38. The van der Waals surface area contributed by atoms with Gasteiger partial charge in [-0.3, -0.25) is 14.5 Å². The SMILES string of the molecule is CN(C)C(=O)COc1ccc(NC(=O)[C@@H](c2ccccc2)N2CCSCC2)cc1. The smallest absolute Gasteiger partial charge is 0.259 e. The van der Waals surface area contributed by atoms with Gasteiger partial charge in [0.15, 0.2) is 6.61 Å². The molecule has 0 radical (unpaired) electrons. The van der Waals surface area contributed by atoms with Gasteiger partial charge >= 0.3 is 0 Å². The lowest BCUT2D eigenvalue weighted by Crippen LogP contribution is -2.41. The van der Waals surface area contributed by atoms with Gasteiger partial charge in [0, 0.05) is 44.4 Å². The molecule has 0 saturated carbocycles. The van der Waals surface area contributed by atoms with Gasteiger partial charge in [0.1, 0.15) is 11.8 Å². The number of rotatable bonds is 7. The van der Waals surface area contributed by atoms with Crippen molar-refractivity contribution >= 4 is 29.3 Å². The van der Waals surface area contributed by atoms with Crippen LogP contribution < -0.4 is 10.1 Å². The highest BCUT2D eigenvalue weighted by Gasteiger charge is 2.28. The highest BCUT2D eigenvalue weighted by Crippen LogP contribution is 2.26. The molecule has 2 aromatic rings. The van der Waals surface area contributed by atoms with Gasteiger partial charge < -0.3 is 15.0 Å². The number of hydrogen-bond donors (Lipinski definition) is 1. The second-order valence-corrected chi connectivity index (χ2v) is 8.28. The number of thioether (sulfide) groups is 1. The van der Waals surface area contributed by atoms with Crippen LogP contribution in [0, 0.1) is 0 Å². The van der Waals surface area contributed by atoms with Gasteiger partial charge in [0.2, 0.25) is 5.91 Å². The fraction of sp³-hybridized carbons (Fsp3) is 0.364. The molecule has 1 heterocycles. The molecular weight excluding hydrogens is 386 g/mol. The van der Waals surface area contributed by atoms with Crippen LogP contribution in [0.3, 0.4) is 0 Å². The average molecular weight is 414 g/mol. The third-order valence-corrected chi connectivity index (χ3v) is 5.70. The number of carbonyl (C=O) groups is 2. The molecule has 1 aliphatic rings. The van der Waals surface area contributed by atoms with Gasteiger partial charge in [0.25, 0.3) is 5.91 Å². The number of nitrogens with one attached hydrogen (secondary N) is 1. The van der Waals surface area contributed by atoms with E-state index in [9.17, 15) is 9.59 Å². The molecule has 0 unspecified atom stereocenters. The van der Waals surface area contributed by atoms with Crippen LogP contribution in [0.25, 0.3) is 0 Å². The first-order valence-electron chi connectivity index (χ1n) is 9.65. The Kier molecular flexibility index (Phi) is 7.55. The number of hydrogen-bond acceptors (Lipinski definition) is 5. The van der Waals surface area contributed by atoms with Gasteiger partial charge in [-0.15, -0.1) is 0 Å². The Labute approximate surface area is 176 Å². The van der Waals surface area contributed by atoms with Crippen molar-refractivity contribution < 1.29 is 14.3 Å². The van der Waals surface area contributed by atoms with E-state index < -0.39 is 0 Å². The van der Waals surface area contributed by atoms with Gasteiger partial charge in [-0.2, -0.15) is 11.8 Å². The quantitative estimate of drug-likeness (QED) is 0.756. The second kappa shape index (κ2) is 10.3. The number of benzene rings is 2. The van der Waals surface area contributed by atoms with Crippen LogP contribution in [0.1, 0.15) is 11.6 Å². The Morgan fingerprint density at radius 3 is 2.34 bits per heavy atom. The summed E-state index contributed by atoms with van der Waals surface area (Å²) in [5.41, 5.74) is 1.70. The Morgan fingerprint density at radius 1 is 1.07 bits per heavy atom. The minimum atomic E-state index is -0.314. The Morgan fingerprint density at radius 2 is 1.72 bits per heavy atom. The van der Waals surface area contributed by atoms with Crippen LogP contribution in [-0.2, 0) is 9.59 Å². The van der Waals surface area contributed by atoms with E-state index in [1.54, 1.807) is 38.4 Å². The molecule has 2 aromatic carbocycles. The van der Waals surface area contributed by atoms with E-state index in [-0.39, 0.29) is 24.5 Å². The molecule has 0 aromatic heterocycles. The van der Waals surface area contributed by atoms with Crippen LogP contribution in [0.2, 0.25) is 0 Å². The molecule has 0 spiro atoms. The summed E-state index contributed by atoms with van der Waals surface area (Å²) in [6.45, 7) is 1.77. The maximum absolute atomic E-state index is 13.1. The normalized spacial score (nSPS) is 15.4. The summed E-state index contributed by atoms with van der Waals surface area (Å²) in [6.07, 6.45) is 0. The molecule has 1 saturated heterocycles. The minimum Gasteiger partial charge on any atom is -0.484 e. The summed E-state index contributed by atoms with van der Waals surface area (Å²) >= 11 is 1.92. The first-order valence-corrected chi connectivity index (χ1v) is 10.8. The minimum absolute atomic E-state index is 0.0121. The molecule has 7 heteroatoms. The highest BCUT2D eigenvalue weighted by atomic mass is 32.2. The molecule has 1 aliphatic heterocycles. The third kappa shape index (κ3) is 5.98. The Balaban J connectivity index is 1.66. The van der Waals surface area contributed by atoms with Crippen molar-refractivity contribution in [1.29, 1.82) is 0 Å². The standard InChI is InChI=1S/C22H27N3O3S/c1-24(2)20(26)16-28-19-10-8-18(9-11-19)23-22(27)21(17-6-4-3-5-7-17)25-12-14-29-15-13-25/h3-11,21H,12-16H2,1-2H3,(H,23,27)/t21-/m1/s1. The maximum Gasteiger partial charge on any atom is 0.259 e. The summed E-state index contributed by atoms with van der Waals surface area (Å²) in [5.74, 6) is 2.51. The summed E-state index contributed by atoms with van der Waals surface area (Å²) in [6, 6.07) is 16.7. The zero-order valence-corrected chi connectivity index (χ0v) is 17.7. The van der Waals surface area contributed by atoms with E-state index in [0.717, 1.165) is 30.2 Å². The predicted molar refractivity (Wildman–Crippen MR) is 117 cm³/mol. The van der Waals surface area contributed by atoms with E-state index in [1.165, 1.54) is 4.90 Å². The van der Waals surface area contributed by atoms with E-state index in [2.05, 4.69) is 10.2 Å². The first kappa shape index (κ1) is 21.2. The molecule has 0 bridgehead atoms. The van der Waals surface area contributed by atoms with Crippen molar-refractivity contribution in [2.75, 3.05) is 50.6 Å². The molecule has 3 rings (SSSR count). The van der Waals surface area contributed by atoms with E-state index in [0.29, 0.717) is 11.4 Å². The van der Waals surface area contributed by atoms with Crippen molar-refractivity contribution in [3.8, 4) is 5.75 Å². The molecule has 29 heavy (non-hydrogen) atoms. The van der Waals surface area contributed by atoms with Crippen LogP contribution >= 0.6 is 11.8 Å². The van der Waals surface area contributed by atoms with Crippen molar-refractivity contribution in [2.45, 2.75) is 6.04 Å². The predicted octanol–water partition coefficient (Wildman–Crippen LogP) is 2.88. The molecule has 1 fully saturated rings. The third-order valence-electron chi connectivity index (χ3n) is 4.76. The number of nitrogens with zero attached hydrogens (tertiary/aromatic N) is 2. The van der Waals surface area contributed by atoms with Crippen LogP contribution in [0.15, 0.2) is 54.6 Å². The van der Waals surface area contributed by atoms with Gasteiger partial charge in [0.05, 0.1) is 0 Å². The molecule has 0 aliphatic carbocycles. The van der Waals surface area contributed by atoms with Crippen LogP contribution in [0.4, 0.5) is 5.69 Å². The maximum atomic E-state index is 13.1. The second-order valence-electron chi connectivity index (χ2n) is 7.05. The molecular formula is C22H27N3O3S. The zero-order valence-electron chi connectivity index (χ0n) is 16.8. The van der Waals surface area contributed by atoms with Crippen LogP contribution in [0.5, 0.6) is 5.75 Å². The van der Waals surface area contributed by atoms with Crippen molar-refractivity contribution in [3.63, 3.8) is 0 Å². The fourth-order valence-corrected chi connectivity index (χ4v) is 4.05. The average Bonchev–Trinajstić information content (AvgIpc) is 2.74. The van der Waals surface area contributed by atoms with Gasteiger partial charge in [-0.1, -0.05) is 30.3 Å². The molecule has 154 valence electrons. The summed E-state index contributed by atoms with van der Waals surface area (Å²) < 4.78 is 5.49. The number of ether oxygens (including phenoxy) is 1. The lowest BCUT2D eigenvalue weighted by atomic mass is 10.0. The molecule has 2 amide bonds. The van der Waals surface area contributed by atoms with Crippen molar-refractivity contribution in [3.05, 3.63) is 60.2 Å². The molecule has 6 nitrogen and oxygen atoms in total. The van der Waals surface area contributed by atoms with Crippen molar-refractivity contribution in [1.82, 2.24) is 9.80 Å². The van der Waals surface area contributed by atoms with E-state index in [1.807, 2.05) is 42.1 Å². The molecule has 1 N–H and O–H groups in total. The van der Waals surface area contributed by atoms with E-state index in [4.69, 9.17) is 4.74 Å². The summed E-state index contributed by atoms with van der Waals surface area (Å²) in [4.78, 5) is 28.5.